The largest absolute Gasteiger partial charge is 0.495 e. The Morgan fingerprint density at radius 1 is 1.33 bits per heavy atom. The number of benzene rings is 1. The molecule has 27 heavy (non-hydrogen) atoms. The summed E-state index contributed by atoms with van der Waals surface area (Å²) in [6.45, 7) is 0.965. The lowest BCUT2D eigenvalue weighted by Gasteiger charge is -2.17. The molecule has 0 bridgehead atoms. The molecule has 1 saturated heterocycles. The van der Waals surface area contributed by atoms with E-state index < -0.39 is 6.10 Å². The zero-order valence-electron chi connectivity index (χ0n) is 14.8. The maximum Gasteiger partial charge on any atom is 0.139 e. The van der Waals surface area contributed by atoms with Crippen LogP contribution in [-0.4, -0.2) is 51.9 Å². The summed E-state index contributed by atoms with van der Waals surface area (Å²) in [7, 11) is 1.54. The number of halogens is 1. The number of anilines is 1. The lowest BCUT2D eigenvalue weighted by atomic mass is 10.1. The van der Waals surface area contributed by atoms with Crippen LogP contribution in [0.2, 0.25) is 5.02 Å². The summed E-state index contributed by atoms with van der Waals surface area (Å²) in [5.74, 6) is 0.513. The highest BCUT2D eigenvalue weighted by Gasteiger charge is 2.28. The molecular formula is C19H21ClN4O3. The van der Waals surface area contributed by atoms with Crippen LogP contribution >= 0.6 is 11.6 Å². The second-order valence-electron chi connectivity index (χ2n) is 6.71. The van der Waals surface area contributed by atoms with Crippen LogP contribution in [-0.2, 0) is 6.61 Å². The van der Waals surface area contributed by atoms with E-state index >= 15 is 0 Å². The van der Waals surface area contributed by atoms with Gasteiger partial charge in [0.05, 0.1) is 30.5 Å². The molecule has 8 heteroatoms. The summed E-state index contributed by atoms with van der Waals surface area (Å²) in [6.07, 6.45) is 3.28. The number of rotatable bonds is 4. The molecule has 0 radical (unpaired) electrons. The van der Waals surface area contributed by atoms with E-state index in [4.69, 9.17) is 27.1 Å². The predicted octanol–water partition coefficient (Wildman–Crippen LogP) is 1.66. The molecule has 1 fully saturated rings. The lowest BCUT2D eigenvalue weighted by molar-refractivity contribution is 0.180. The Balaban J connectivity index is 1.73. The van der Waals surface area contributed by atoms with Crippen molar-refractivity contribution in [1.29, 1.82) is 0 Å². The maximum atomic E-state index is 9.89. The normalized spacial score (nSPS) is 19.8. The molecule has 7 nitrogen and oxygen atoms in total. The van der Waals surface area contributed by atoms with E-state index in [-0.39, 0.29) is 12.6 Å². The van der Waals surface area contributed by atoms with Gasteiger partial charge < -0.3 is 30.0 Å². The summed E-state index contributed by atoms with van der Waals surface area (Å²) in [6, 6.07) is 7.16. The lowest BCUT2D eigenvalue weighted by Crippen LogP contribution is -2.32. The molecule has 3 heterocycles. The summed E-state index contributed by atoms with van der Waals surface area (Å²) >= 11 is 6.26. The van der Waals surface area contributed by atoms with Gasteiger partial charge in [0.2, 0.25) is 0 Å². The average Bonchev–Trinajstić information content (AvgIpc) is 3.24. The second kappa shape index (κ2) is 7.01. The number of nitrogens with two attached hydrogens (primary N) is 1. The van der Waals surface area contributed by atoms with Crippen LogP contribution in [0.5, 0.6) is 5.75 Å². The number of hydrogen-bond acceptors (Lipinski definition) is 6. The molecule has 4 rings (SSSR count). The molecule has 0 amide bonds. The molecule has 0 aliphatic carbocycles. The van der Waals surface area contributed by atoms with Gasteiger partial charge in [0.1, 0.15) is 11.4 Å². The third kappa shape index (κ3) is 3.23. The first-order valence-corrected chi connectivity index (χ1v) is 9.03. The van der Waals surface area contributed by atoms with Crippen LogP contribution in [0, 0.1) is 0 Å². The van der Waals surface area contributed by atoms with Gasteiger partial charge in [-0.3, -0.25) is 0 Å². The van der Waals surface area contributed by atoms with Gasteiger partial charge in [0, 0.05) is 48.8 Å². The highest BCUT2D eigenvalue weighted by Crippen LogP contribution is 2.34. The quantitative estimate of drug-likeness (QED) is 0.629. The number of aromatic nitrogens is 2. The Kier molecular flexibility index (Phi) is 4.69. The Morgan fingerprint density at radius 3 is 2.81 bits per heavy atom. The third-order valence-corrected chi connectivity index (χ3v) is 5.26. The SMILES string of the molecule is COc1cc(CO)c(-c2cn3ccc(N4C[C@H](N)[C@@H](O)C4)cc3n2)cc1Cl. The molecule has 3 aromatic rings. The fourth-order valence-corrected chi connectivity index (χ4v) is 3.68. The number of pyridine rings is 1. The van der Waals surface area contributed by atoms with Gasteiger partial charge in [-0.1, -0.05) is 11.6 Å². The number of aliphatic hydroxyl groups is 2. The van der Waals surface area contributed by atoms with Crippen molar-refractivity contribution in [2.24, 2.45) is 5.73 Å². The number of ether oxygens (including phenoxy) is 1. The van der Waals surface area contributed by atoms with Crippen LogP contribution in [0.4, 0.5) is 5.69 Å². The monoisotopic (exact) mass is 388 g/mol. The van der Waals surface area contributed by atoms with Crippen molar-refractivity contribution >= 4 is 22.9 Å². The fraction of sp³-hybridized carbons (Fsp3) is 0.316. The number of imidazole rings is 1. The Labute approximate surface area is 161 Å². The molecule has 0 saturated carbocycles. The predicted molar refractivity (Wildman–Crippen MR) is 104 cm³/mol. The number of fused-ring (bicyclic) bond motifs is 1. The van der Waals surface area contributed by atoms with Gasteiger partial charge in [0.25, 0.3) is 0 Å². The minimum atomic E-state index is -0.523. The molecule has 1 aliphatic heterocycles. The van der Waals surface area contributed by atoms with Gasteiger partial charge in [-0.05, 0) is 23.8 Å². The number of nitrogens with zero attached hydrogens (tertiary/aromatic N) is 3. The van der Waals surface area contributed by atoms with E-state index in [1.54, 1.807) is 12.1 Å². The highest BCUT2D eigenvalue weighted by molar-refractivity contribution is 6.32. The van der Waals surface area contributed by atoms with Crippen molar-refractivity contribution < 1.29 is 14.9 Å². The van der Waals surface area contributed by atoms with E-state index in [0.29, 0.717) is 35.1 Å². The Morgan fingerprint density at radius 2 is 2.15 bits per heavy atom. The van der Waals surface area contributed by atoms with Gasteiger partial charge in [-0.2, -0.15) is 0 Å². The van der Waals surface area contributed by atoms with Crippen molar-refractivity contribution in [3.05, 3.63) is 47.2 Å². The van der Waals surface area contributed by atoms with E-state index in [1.807, 2.05) is 33.8 Å². The van der Waals surface area contributed by atoms with Gasteiger partial charge in [0.15, 0.2) is 0 Å². The van der Waals surface area contributed by atoms with Gasteiger partial charge in [-0.25, -0.2) is 4.98 Å². The van der Waals surface area contributed by atoms with Crippen molar-refractivity contribution in [3.63, 3.8) is 0 Å². The Hall–Kier alpha value is -2.32. The topological polar surface area (TPSA) is 96.3 Å². The van der Waals surface area contributed by atoms with E-state index in [2.05, 4.69) is 0 Å². The van der Waals surface area contributed by atoms with Crippen LogP contribution < -0.4 is 15.4 Å². The molecule has 4 N–H and O–H groups in total. The standard InChI is InChI=1S/C19H21ClN4O3/c1-27-18-4-11(10-25)13(6-14(18)20)16-8-23-3-2-12(5-19(23)22-16)24-7-15(21)17(26)9-24/h2-6,8,15,17,25-26H,7,9-10,21H2,1H3/t15-,17-/m0/s1. The van der Waals surface area contributed by atoms with Crippen molar-refractivity contribution in [2.75, 3.05) is 25.1 Å². The molecule has 2 aromatic heterocycles. The maximum absolute atomic E-state index is 9.89. The minimum absolute atomic E-state index is 0.147. The Bertz CT molecular complexity index is 980. The van der Waals surface area contributed by atoms with Crippen molar-refractivity contribution in [1.82, 2.24) is 9.38 Å². The number of hydrogen-bond donors (Lipinski definition) is 3. The van der Waals surface area contributed by atoms with Crippen LogP contribution in [0.1, 0.15) is 5.56 Å². The molecule has 1 aromatic carbocycles. The van der Waals surface area contributed by atoms with Crippen LogP contribution in [0.15, 0.2) is 36.7 Å². The summed E-state index contributed by atoms with van der Waals surface area (Å²) in [5.41, 5.74) is 9.78. The van der Waals surface area contributed by atoms with Crippen molar-refractivity contribution in [2.45, 2.75) is 18.8 Å². The van der Waals surface area contributed by atoms with Crippen molar-refractivity contribution in [3.8, 4) is 17.0 Å². The molecular weight excluding hydrogens is 368 g/mol. The molecule has 0 unspecified atom stereocenters. The molecule has 0 spiro atoms. The molecule has 2 atom stereocenters. The molecule has 1 aliphatic rings. The first-order chi connectivity index (χ1) is 13.0. The summed E-state index contributed by atoms with van der Waals surface area (Å²) < 4.78 is 7.13. The van der Waals surface area contributed by atoms with E-state index in [0.717, 1.165) is 16.9 Å². The minimum Gasteiger partial charge on any atom is -0.495 e. The third-order valence-electron chi connectivity index (χ3n) is 4.97. The highest BCUT2D eigenvalue weighted by atomic mass is 35.5. The number of methoxy groups -OCH3 is 1. The average molecular weight is 389 g/mol. The van der Waals surface area contributed by atoms with Gasteiger partial charge >= 0.3 is 0 Å². The van der Waals surface area contributed by atoms with E-state index in [1.165, 1.54) is 7.11 Å². The van der Waals surface area contributed by atoms with Gasteiger partial charge in [-0.15, -0.1) is 0 Å². The second-order valence-corrected chi connectivity index (χ2v) is 7.12. The number of aliphatic hydroxyl groups excluding tert-OH is 2. The summed E-state index contributed by atoms with van der Waals surface area (Å²) in [5, 5.41) is 20.1. The van der Waals surface area contributed by atoms with Crippen LogP contribution in [0.3, 0.4) is 0 Å². The first kappa shape index (κ1) is 18.1. The first-order valence-electron chi connectivity index (χ1n) is 8.65. The fourth-order valence-electron chi connectivity index (χ4n) is 3.44. The number of β-amino-alcohol motifs (C(OH)–C–C–N with tert-alkyl or cyclic N) is 1. The smallest absolute Gasteiger partial charge is 0.139 e. The summed E-state index contributed by atoms with van der Waals surface area (Å²) in [4.78, 5) is 6.74. The zero-order valence-corrected chi connectivity index (χ0v) is 15.6. The van der Waals surface area contributed by atoms with Crippen LogP contribution in [0.25, 0.3) is 16.9 Å². The van der Waals surface area contributed by atoms with E-state index in [9.17, 15) is 10.2 Å². The molecule has 142 valence electrons. The zero-order chi connectivity index (χ0) is 19.1.